The number of aromatic nitrogens is 3. The summed E-state index contributed by atoms with van der Waals surface area (Å²) in [5.41, 5.74) is 5.32. The molecule has 1 heterocycles. The normalized spacial score (nSPS) is 14.2. The molecule has 0 aromatic carbocycles. The zero-order valence-electron chi connectivity index (χ0n) is 9.93. The monoisotopic (exact) mass is 252 g/mol. The third kappa shape index (κ3) is 4.04. The highest BCUT2D eigenvalue weighted by atomic mass is 16.2. The number of nitrogens with two attached hydrogens (primary N) is 1. The van der Waals surface area contributed by atoms with Gasteiger partial charge in [0.1, 0.15) is 12.9 Å². The van der Waals surface area contributed by atoms with Crippen LogP contribution in [-0.4, -0.2) is 39.2 Å². The second-order valence-electron chi connectivity index (χ2n) is 4.24. The van der Waals surface area contributed by atoms with Crippen LogP contribution >= 0.6 is 0 Å². The molecular weight excluding hydrogens is 236 g/mol. The van der Waals surface area contributed by atoms with Crippen LogP contribution in [0.1, 0.15) is 19.3 Å². The summed E-state index contributed by atoms with van der Waals surface area (Å²) in [6, 6.07) is 0.353. The molecule has 18 heavy (non-hydrogen) atoms. The number of amides is 2. The number of carbonyl (C=O) groups is 2. The SMILES string of the molecule is Nc1ncn(CC(=O)NCCC(=O)NC2CC2)n1. The van der Waals surface area contributed by atoms with Gasteiger partial charge in [-0.2, -0.15) is 0 Å². The summed E-state index contributed by atoms with van der Waals surface area (Å²) in [6.45, 7) is 0.371. The summed E-state index contributed by atoms with van der Waals surface area (Å²) in [6.07, 6.45) is 3.80. The average molecular weight is 252 g/mol. The van der Waals surface area contributed by atoms with Crippen molar-refractivity contribution in [1.29, 1.82) is 0 Å². The minimum absolute atomic E-state index is 0.0252. The van der Waals surface area contributed by atoms with Gasteiger partial charge in [-0.25, -0.2) is 9.67 Å². The van der Waals surface area contributed by atoms with Gasteiger partial charge in [-0.1, -0.05) is 0 Å². The summed E-state index contributed by atoms with van der Waals surface area (Å²) in [5, 5.41) is 9.27. The molecule has 1 fully saturated rings. The van der Waals surface area contributed by atoms with E-state index in [1.54, 1.807) is 0 Å². The van der Waals surface area contributed by atoms with Crippen LogP contribution in [0.2, 0.25) is 0 Å². The summed E-state index contributed by atoms with van der Waals surface area (Å²) in [5.74, 6) is -0.117. The van der Waals surface area contributed by atoms with E-state index in [-0.39, 0.29) is 24.3 Å². The highest BCUT2D eigenvalue weighted by Gasteiger charge is 2.22. The molecule has 0 unspecified atom stereocenters. The highest BCUT2D eigenvalue weighted by molar-refractivity contribution is 5.79. The second-order valence-corrected chi connectivity index (χ2v) is 4.24. The predicted molar refractivity (Wildman–Crippen MR) is 63.2 cm³/mol. The van der Waals surface area contributed by atoms with Gasteiger partial charge in [0, 0.05) is 19.0 Å². The van der Waals surface area contributed by atoms with Crippen LogP contribution in [-0.2, 0) is 16.1 Å². The van der Waals surface area contributed by atoms with Crippen LogP contribution in [0.5, 0.6) is 0 Å². The van der Waals surface area contributed by atoms with E-state index in [1.807, 2.05) is 0 Å². The Balaban J connectivity index is 1.60. The van der Waals surface area contributed by atoms with Gasteiger partial charge < -0.3 is 16.4 Å². The first kappa shape index (κ1) is 12.3. The van der Waals surface area contributed by atoms with Crippen molar-refractivity contribution in [3.63, 3.8) is 0 Å². The molecule has 0 bridgehead atoms. The Bertz CT molecular complexity index is 439. The topological polar surface area (TPSA) is 115 Å². The summed E-state index contributed by atoms with van der Waals surface area (Å²) in [4.78, 5) is 26.5. The van der Waals surface area contributed by atoms with Gasteiger partial charge in [0.25, 0.3) is 0 Å². The minimum atomic E-state index is -0.223. The number of hydrogen-bond acceptors (Lipinski definition) is 5. The van der Waals surface area contributed by atoms with Crippen molar-refractivity contribution in [2.45, 2.75) is 31.8 Å². The van der Waals surface area contributed by atoms with E-state index < -0.39 is 0 Å². The third-order valence-electron chi connectivity index (χ3n) is 2.48. The number of nitrogens with one attached hydrogen (secondary N) is 2. The lowest BCUT2D eigenvalue weighted by Crippen LogP contribution is -2.33. The molecule has 0 saturated heterocycles. The van der Waals surface area contributed by atoms with Crippen molar-refractivity contribution in [2.75, 3.05) is 12.3 Å². The molecule has 0 radical (unpaired) electrons. The summed E-state index contributed by atoms with van der Waals surface area (Å²) in [7, 11) is 0. The lowest BCUT2D eigenvalue weighted by atomic mass is 10.4. The molecule has 1 aliphatic carbocycles. The van der Waals surface area contributed by atoms with E-state index in [2.05, 4.69) is 20.7 Å². The number of nitrogens with zero attached hydrogens (tertiary/aromatic N) is 3. The fourth-order valence-electron chi connectivity index (χ4n) is 1.43. The van der Waals surface area contributed by atoms with Crippen molar-refractivity contribution < 1.29 is 9.59 Å². The minimum Gasteiger partial charge on any atom is -0.367 e. The Hall–Kier alpha value is -2.12. The molecule has 1 aliphatic rings. The van der Waals surface area contributed by atoms with Crippen molar-refractivity contribution in [2.24, 2.45) is 0 Å². The largest absolute Gasteiger partial charge is 0.367 e. The molecule has 2 amide bonds. The van der Waals surface area contributed by atoms with E-state index in [9.17, 15) is 9.59 Å². The van der Waals surface area contributed by atoms with Crippen molar-refractivity contribution in [3.8, 4) is 0 Å². The van der Waals surface area contributed by atoms with Gasteiger partial charge in [0.05, 0.1) is 0 Å². The molecule has 1 saturated carbocycles. The number of nitrogen functional groups attached to an aromatic ring is 1. The van der Waals surface area contributed by atoms with Crippen LogP contribution in [0.4, 0.5) is 5.95 Å². The van der Waals surface area contributed by atoms with Crippen LogP contribution in [0.3, 0.4) is 0 Å². The number of anilines is 1. The van der Waals surface area contributed by atoms with Crippen molar-refractivity contribution >= 4 is 17.8 Å². The fourth-order valence-corrected chi connectivity index (χ4v) is 1.43. The molecule has 1 aromatic heterocycles. The van der Waals surface area contributed by atoms with Gasteiger partial charge in [-0.15, -0.1) is 5.10 Å². The van der Waals surface area contributed by atoms with Crippen molar-refractivity contribution in [1.82, 2.24) is 25.4 Å². The maximum absolute atomic E-state index is 11.5. The first-order valence-corrected chi connectivity index (χ1v) is 5.84. The van der Waals surface area contributed by atoms with E-state index >= 15 is 0 Å². The van der Waals surface area contributed by atoms with E-state index in [0.717, 1.165) is 12.8 Å². The van der Waals surface area contributed by atoms with Gasteiger partial charge in [-0.05, 0) is 12.8 Å². The Morgan fingerprint density at radius 2 is 2.22 bits per heavy atom. The van der Waals surface area contributed by atoms with Gasteiger partial charge >= 0.3 is 0 Å². The Labute approximate surface area is 104 Å². The number of hydrogen-bond donors (Lipinski definition) is 3. The van der Waals surface area contributed by atoms with Gasteiger partial charge in [0.15, 0.2) is 0 Å². The average Bonchev–Trinajstić information content (AvgIpc) is 3.01. The Morgan fingerprint density at radius 3 is 2.83 bits per heavy atom. The lowest BCUT2D eigenvalue weighted by Gasteiger charge is -2.05. The highest BCUT2D eigenvalue weighted by Crippen LogP contribution is 2.18. The molecule has 2 rings (SSSR count). The molecular formula is C10H16N6O2. The van der Waals surface area contributed by atoms with Gasteiger partial charge in [0.2, 0.25) is 17.8 Å². The molecule has 0 aliphatic heterocycles. The third-order valence-corrected chi connectivity index (χ3v) is 2.48. The lowest BCUT2D eigenvalue weighted by molar-refractivity contribution is -0.122. The molecule has 8 heteroatoms. The zero-order valence-corrected chi connectivity index (χ0v) is 9.93. The van der Waals surface area contributed by atoms with Crippen LogP contribution in [0.15, 0.2) is 6.33 Å². The van der Waals surface area contributed by atoms with Crippen LogP contribution < -0.4 is 16.4 Å². The van der Waals surface area contributed by atoms with E-state index in [4.69, 9.17) is 5.73 Å². The Morgan fingerprint density at radius 1 is 1.44 bits per heavy atom. The first-order chi connectivity index (χ1) is 8.63. The van der Waals surface area contributed by atoms with E-state index in [1.165, 1.54) is 11.0 Å². The van der Waals surface area contributed by atoms with Gasteiger partial charge in [-0.3, -0.25) is 9.59 Å². The first-order valence-electron chi connectivity index (χ1n) is 5.84. The zero-order chi connectivity index (χ0) is 13.0. The van der Waals surface area contributed by atoms with E-state index in [0.29, 0.717) is 19.0 Å². The van der Waals surface area contributed by atoms with Crippen LogP contribution in [0.25, 0.3) is 0 Å². The molecule has 8 nitrogen and oxygen atoms in total. The maximum Gasteiger partial charge on any atom is 0.241 e. The van der Waals surface area contributed by atoms with Crippen molar-refractivity contribution in [3.05, 3.63) is 6.33 Å². The fraction of sp³-hybridized carbons (Fsp3) is 0.600. The molecule has 0 atom stereocenters. The smallest absolute Gasteiger partial charge is 0.241 e. The standard InChI is InChI=1S/C10H16N6O2/c11-10-13-6-16(15-10)5-9(18)12-4-3-8(17)14-7-1-2-7/h6-7H,1-5H2,(H2,11,15)(H,12,18)(H,14,17). The predicted octanol–water partition coefficient (Wildman–Crippen LogP) is -1.35. The maximum atomic E-state index is 11.5. The quantitative estimate of drug-likeness (QED) is 0.578. The molecule has 0 spiro atoms. The van der Waals surface area contributed by atoms with Crippen LogP contribution in [0, 0.1) is 0 Å². The number of carbonyl (C=O) groups excluding carboxylic acids is 2. The summed E-state index contributed by atoms with van der Waals surface area (Å²) >= 11 is 0. The molecule has 4 N–H and O–H groups in total. The number of rotatable bonds is 6. The summed E-state index contributed by atoms with van der Waals surface area (Å²) < 4.78 is 1.34. The molecule has 1 aromatic rings. The molecule has 98 valence electrons. The second kappa shape index (κ2) is 5.48. The Kier molecular flexibility index (Phi) is 3.75.